The van der Waals surface area contributed by atoms with E-state index in [1.54, 1.807) is 19.9 Å². The smallest absolute Gasteiger partial charge is 0.271 e. The molecule has 110 valence electrons. The minimum Gasteiger partial charge on any atom is -0.490 e. The number of aldehydes is 1. The molecule has 0 N–H and O–H groups in total. The summed E-state index contributed by atoms with van der Waals surface area (Å²) < 4.78 is 11.2. The second-order valence-corrected chi connectivity index (χ2v) is 5.08. The van der Waals surface area contributed by atoms with E-state index in [0.29, 0.717) is 35.6 Å². The van der Waals surface area contributed by atoms with E-state index in [-0.39, 0.29) is 12.5 Å². The Morgan fingerprint density at radius 1 is 1.48 bits per heavy atom. The zero-order valence-electron chi connectivity index (χ0n) is 12.2. The number of carbonyl (C=O) groups is 2. The Morgan fingerprint density at radius 2 is 2.19 bits per heavy atom. The summed E-state index contributed by atoms with van der Waals surface area (Å²) in [6.07, 6.45) is 0.664. The van der Waals surface area contributed by atoms with Crippen LogP contribution < -0.4 is 14.4 Å². The highest BCUT2D eigenvalue weighted by Crippen LogP contribution is 2.45. The molecule has 0 saturated carbocycles. The van der Waals surface area contributed by atoms with Crippen LogP contribution in [0.2, 0.25) is 0 Å². The summed E-state index contributed by atoms with van der Waals surface area (Å²) in [4.78, 5) is 24.8. The molecule has 1 aromatic carbocycles. The third kappa shape index (κ3) is 2.55. The summed E-state index contributed by atoms with van der Waals surface area (Å²) in [5.41, 5.74) is -0.358. The van der Waals surface area contributed by atoms with Crippen LogP contribution in [-0.2, 0) is 4.79 Å². The van der Waals surface area contributed by atoms with Gasteiger partial charge in [0, 0.05) is 5.56 Å². The standard InChI is InChI=1S/C15H16N2O4/c1-4-20-12-8-10(9-18)7-11-13(12)21-15(2,3)14(19)17(11)6-5-16/h7-9H,4,6H2,1-3H3. The number of anilines is 1. The summed E-state index contributed by atoms with van der Waals surface area (Å²) in [7, 11) is 0. The van der Waals surface area contributed by atoms with Crippen LogP contribution in [0.4, 0.5) is 5.69 Å². The van der Waals surface area contributed by atoms with Gasteiger partial charge in [-0.05, 0) is 32.9 Å². The first-order valence-electron chi connectivity index (χ1n) is 6.58. The van der Waals surface area contributed by atoms with Crippen LogP contribution in [0.1, 0.15) is 31.1 Å². The molecule has 0 spiro atoms. The minimum atomic E-state index is -1.10. The van der Waals surface area contributed by atoms with E-state index in [0.717, 1.165) is 0 Å². The number of nitrogens with zero attached hydrogens (tertiary/aromatic N) is 2. The van der Waals surface area contributed by atoms with Crippen LogP contribution in [0.15, 0.2) is 12.1 Å². The normalized spacial score (nSPS) is 15.7. The lowest BCUT2D eigenvalue weighted by Crippen LogP contribution is -2.52. The first-order valence-corrected chi connectivity index (χ1v) is 6.58. The Labute approximate surface area is 122 Å². The number of rotatable bonds is 4. The van der Waals surface area contributed by atoms with E-state index >= 15 is 0 Å². The molecule has 0 aromatic heterocycles. The van der Waals surface area contributed by atoms with Crippen LogP contribution in [0.25, 0.3) is 0 Å². The molecule has 6 nitrogen and oxygen atoms in total. The highest BCUT2D eigenvalue weighted by molar-refractivity contribution is 6.04. The Hall–Kier alpha value is -2.55. The minimum absolute atomic E-state index is 0.119. The second kappa shape index (κ2) is 5.44. The third-order valence-electron chi connectivity index (χ3n) is 3.13. The Balaban J connectivity index is 2.66. The summed E-state index contributed by atoms with van der Waals surface area (Å²) in [5, 5.41) is 8.95. The van der Waals surface area contributed by atoms with Crippen molar-refractivity contribution in [2.45, 2.75) is 26.4 Å². The molecule has 0 radical (unpaired) electrons. The van der Waals surface area contributed by atoms with Crippen LogP contribution in [0.3, 0.4) is 0 Å². The monoisotopic (exact) mass is 288 g/mol. The summed E-state index contributed by atoms with van der Waals surface area (Å²) in [6, 6.07) is 5.04. The lowest BCUT2D eigenvalue weighted by molar-refractivity contribution is -0.132. The average Bonchev–Trinajstić information content (AvgIpc) is 2.44. The molecule has 1 heterocycles. The molecule has 6 heteroatoms. The number of hydrogen-bond acceptors (Lipinski definition) is 5. The number of fused-ring (bicyclic) bond motifs is 1. The molecule has 0 fully saturated rings. The van der Waals surface area contributed by atoms with E-state index < -0.39 is 5.60 Å². The van der Waals surface area contributed by atoms with E-state index in [9.17, 15) is 9.59 Å². The van der Waals surface area contributed by atoms with Crippen molar-refractivity contribution in [3.63, 3.8) is 0 Å². The van der Waals surface area contributed by atoms with Crippen molar-refractivity contribution in [2.24, 2.45) is 0 Å². The summed E-state index contributed by atoms with van der Waals surface area (Å²) >= 11 is 0. The first-order chi connectivity index (χ1) is 9.94. The molecule has 21 heavy (non-hydrogen) atoms. The Kier molecular flexibility index (Phi) is 3.85. The lowest BCUT2D eigenvalue weighted by atomic mass is 10.0. The van der Waals surface area contributed by atoms with Gasteiger partial charge in [-0.3, -0.25) is 14.5 Å². The SMILES string of the molecule is CCOc1cc(C=O)cc2c1OC(C)(C)C(=O)N2CC#N. The highest BCUT2D eigenvalue weighted by Gasteiger charge is 2.42. The van der Waals surface area contributed by atoms with Crippen molar-refractivity contribution in [1.29, 1.82) is 5.26 Å². The van der Waals surface area contributed by atoms with Crippen LogP contribution >= 0.6 is 0 Å². The van der Waals surface area contributed by atoms with E-state index in [1.807, 2.05) is 13.0 Å². The number of nitriles is 1. The molecule has 0 aliphatic carbocycles. The zero-order chi connectivity index (χ0) is 15.6. The molecule has 0 bridgehead atoms. The molecule has 0 unspecified atom stereocenters. The van der Waals surface area contributed by atoms with E-state index in [2.05, 4.69) is 0 Å². The van der Waals surface area contributed by atoms with Gasteiger partial charge in [0.2, 0.25) is 0 Å². The van der Waals surface area contributed by atoms with Gasteiger partial charge in [0.25, 0.3) is 5.91 Å². The first kappa shape index (κ1) is 14.9. The van der Waals surface area contributed by atoms with E-state index in [1.165, 1.54) is 11.0 Å². The molecule has 2 rings (SSSR count). The summed E-state index contributed by atoms with van der Waals surface area (Å²) in [5.74, 6) is 0.435. The molecule has 1 aliphatic heterocycles. The van der Waals surface area contributed by atoms with Gasteiger partial charge in [-0.15, -0.1) is 0 Å². The van der Waals surface area contributed by atoms with E-state index in [4.69, 9.17) is 14.7 Å². The van der Waals surface area contributed by atoms with Gasteiger partial charge < -0.3 is 9.47 Å². The maximum Gasteiger partial charge on any atom is 0.271 e. The predicted octanol–water partition coefficient (Wildman–Crippen LogP) is 1.93. The fourth-order valence-corrected chi connectivity index (χ4v) is 2.20. The van der Waals surface area contributed by atoms with Gasteiger partial charge in [0.05, 0.1) is 18.4 Å². The van der Waals surface area contributed by atoms with Crippen LogP contribution in [-0.4, -0.2) is 30.9 Å². The molecule has 1 aromatic rings. The van der Waals surface area contributed by atoms with Crippen LogP contribution in [0, 0.1) is 11.3 Å². The lowest BCUT2D eigenvalue weighted by Gasteiger charge is -2.38. The van der Waals surface area contributed by atoms with Gasteiger partial charge >= 0.3 is 0 Å². The van der Waals surface area contributed by atoms with Crippen molar-refractivity contribution in [3.8, 4) is 17.6 Å². The van der Waals surface area contributed by atoms with Gasteiger partial charge in [-0.25, -0.2) is 0 Å². The van der Waals surface area contributed by atoms with Gasteiger partial charge in [0.15, 0.2) is 17.1 Å². The van der Waals surface area contributed by atoms with Crippen molar-refractivity contribution >= 4 is 17.9 Å². The molecular formula is C15H16N2O4. The van der Waals surface area contributed by atoms with Crippen LogP contribution in [0.5, 0.6) is 11.5 Å². The van der Waals surface area contributed by atoms with Crippen molar-refractivity contribution in [3.05, 3.63) is 17.7 Å². The third-order valence-corrected chi connectivity index (χ3v) is 3.13. The highest BCUT2D eigenvalue weighted by atomic mass is 16.5. The number of hydrogen-bond donors (Lipinski definition) is 0. The number of benzene rings is 1. The molecule has 0 saturated heterocycles. The largest absolute Gasteiger partial charge is 0.490 e. The van der Waals surface area contributed by atoms with Crippen molar-refractivity contribution in [1.82, 2.24) is 0 Å². The maximum absolute atomic E-state index is 12.4. The molecule has 0 atom stereocenters. The average molecular weight is 288 g/mol. The molecule has 1 aliphatic rings. The zero-order valence-corrected chi connectivity index (χ0v) is 12.2. The van der Waals surface area contributed by atoms with Crippen molar-refractivity contribution in [2.75, 3.05) is 18.1 Å². The topological polar surface area (TPSA) is 79.6 Å². The van der Waals surface area contributed by atoms with Gasteiger partial charge in [-0.1, -0.05) is 0 Å². The number of carbonyl (C=O) groups excluding carboxylic acids is 2. The Bertz CT molecular complexity index is 631. The predicted molar refractivity (Wildman–Crippen MR) is 75.7 cm³/mol. The molecular weight excluding hydrogens is 272 g/mol. The summed E-state index contributed by atoms with van der Waals surface area (Å²) in [6.45, 7) is 5.35. The quantitative estimate of drug-likeness (QED) is 0.624. The second-order valence-electron chi connectivity index (χ2n) is 5.08. The van der Waals surface area contributed by atoms with Crippen molar-refractivity contribution < 1.29 is 19.1 Å². The van der Waals surface area contributed by atoms with Gasteiger partial charge in [-0.2, -0.15) is 5.26 Å². The fourth-order valence-electron chi connectivity index (χ4n) is 2.20. The Morgan fingerprint density at radius 3 is 2.76 bits per heavy atom. The van der Waals surface area contributed by atoms with Gasteiger partial charge in [0.1, 0.15) is 12.8 Å². The number of amides is 1. The molecule has 1 amide bonds. The fraction of sp³-hybridized carbons (Fsp3) is 0.400. The number of ether oxygens (including phenoxy) is 2. The maximum atomic E-state index is 12.4.